The van der Waals surface area contributed by atoms with E-state index in [1.165, 1.54) is 11.3 Å². The lowest BCUT2D eigenvalue weighted by Gasteiger charge is -2.28. The topological polar surface area (TPSA) is 59.8 Å². The van der Waals surface area contributed by atoms with Gasteiger partial charge in [-0.3, -0.25) is 9.78 Å². The fraction of sp³-hybridized carbons (Fsp3) is 0.409. The van der Waals surface area contributed by atoms with Gasteiger partial charge in [0.05, 0.1) is 16.8 Å². The summed E-state index contributed by atoms with van der Waals surface area (Å²) in [6, 6.07) is 12.2. The SMILES string of the molecule is Cn1c(C2CCC(CNC(=O)CSc3ccncc3)CC2)nc2ccccc21. The molecule has 0 saturated heterocycles. The lowest BCUT2D eigenvalue weighted by molar-refractivity contribution is -0.118. The van der Waals surface area contributed by atoms with Crippen molar-refractivity contribution in [1.82, 2.24) is 19.9 Å². The Bertz CT molecular complexity index is 932. The Morgan fingerprint density at radius 3 is 2.64 bits per heavy atom. The predicted molar refractivity (Wildman–Crippen MR) is 113 cm³/mol. The van der Waals surface area contributed by atoms with E-state index in [4.69, 9.17) is 4.98 Å². The van der Waals surface area contributed by atoms with Gasteiger partial charge in [-0.2, -0.15) is 0 Å². The van der Waals surface area contributed by atoms with Crippen LogP contribution in [0, 0.1) is 5.92 Å². The summed E-state index contributed by atoms with van der Waals surface area (Å²) in [5, 5.41) is 3.11. The van der Waals surface area contributed by atoms with Crippen LogP contribution < -0.4 is 5.32 Å². The average Bonchev–Trinajstić information content (AvgIpc) is 3.09. The van der Waals surface area contributed by atoms with E-state index in [0.717, 1.165) is 42.6 Å². The molecule has 0 unspecified atom stereocenters. The summed E-state index contributed by atoms with van der Waals surface area (Å²) >= 11 is 1.55. The Hall–Kier alpha value is -2.34. The second kappa shape index (κ2) is 8.78. The number of para-hydroxylation sites is 2. The maximum Gasteiger partial charge on any atom is 0.230 e. The van der Waals surface area contributed by atoms with E-state index in [2.05, 4.69) is 40.1 Å². The van der Waals surface area contributed by atoms with Gasteiger partial charge in [-0.05, 0) is 55.9 Å². The van der Waals surface area contributed by atoms with Gasteiger partial charge in [-0.1, -0.05) is 12.1 Å². The van der Waals surface area contributed by atoms with Gasteiger partial charge in [0, 0.05) is 36.8 Å². The normalized spacial score (nSPS) is 19.6. The quantitative estimate of drug-likeness (QED) is 0.638. The van der Waals surface area contributed by atoms with Crippen LogP contribution >= 0.6 is 11.8 Å². The first-order chi connectivity index (χ1) is 13.7. The minimum absolute atomic E-state index is 0.110. The number of carbonyl (C=O) groups excluding carboxylic acids is 1. The van der Waals surface area contributed by atoms with E-state index in [1.807, 2.05) is 18.2 Å². The molecule has 0 aliphatic heterocycles. The Balaban J connectivity index is 1.24. The second-order valence-electron chi connectivity index (χ2n) is 7.51. The minimum atomic E-state index is 0.110. The van der Waals surface area contributed by atoms with Crippen LogP contribution in [-0.2, 0) is 11.8 Å². The summed E-state index contributed by atoms with van der Waals surface area (Å²) < 4.78 is 2.25. The van der Waals surface area contributed by atoms with Crippen LogP contribution in [0.5, 0.6) is 0 Å². The highest BCUT2D eigenvalue weighted by molar-refractivity contribution is 8.00. The van der Waals surface area contributed by atoms with Crippen LogP contribution in [0.2, 0.25) is 0 Å². The molecule has 0 spiro atoms. The number of nitrogens with one attached hydrogen (secondary N) is 1. The first kappa shape index (κ1) is 19.0. The summed E-state index contributed by atoms with van der Waals surface area (Å²) in [4.78, 5) is 22.1. The number of hydrogen-bond donors (Lipinski definition) is 1. The molecule has 1 amide bonds. The fourth-order valence-corrected chi connectivity index (χ4v) is 4.76. The van der Waals surface area contributed by atoms with Crippen molar-refractivity contribution in [3.63, 3.8) is 0 Å². The molecule has 5 nitrogen and oxygen atoms in total. The number of aromatic nitrogens is 3. The van der Waals surface area contributed by atoms with Gasteiger partial charge in [0.25, 0.3) is 0 Å². The Labute approximate surface area is 170 Å². The minimum Gasteiger partial charge on any atom is -0.355 e. The van der Waals surface area contributed by atoms with Gasteiger partial charge in [-0.25, -0.2) is 4.98 Å². The third kappa shape index (κ3) is 4.38. The maximum atomic E-state index is 12.1. The summed E-state index contributed by atoms with van der Waals surface area (Å²) in [6.45, 7) is 0.783. The average molecular weight is 395 g/mol. The lowest BCUT2D eigenvalue weighted by Crippen LogP contribution is -2.32. The monoisotopic (exact) mass is 394 g/mol. The van der Waals surface area contributed by atoms with Crippen molar-refractivity contribution in [3.8, 4) is 0 Å². The Morgan fingerprint density at radius 2 is 1.89 bits per heavy atom. The lowest BCUT2D eigenvalue weighted by atomic mass is 9.81. The Kier molecular flexibility index (Phi) is 5.95. The van der Waals surface area contributed by atoms with Crippen LogP contribution in [0.1, 0.15) is 37.4 Å². The highest BCUT2D eigenvalue weighted by atomic mass is 32.2. The van der Waals surface area contributed by atoms with Crippen LogP contribution in [0.4, 0.5) is 0 Å². The van der Waals surface area contributed by atoms with Crippen molar-refractivity contribution in [1.29, 1.82) is 0 Å². The molecule has 146 valence electrons. The van der Waals surface area contributed by atoms with E-state index in [9.17, 15) is 4.79 Å². The molecule has 1 aliphatic carbocycles. The molecule has 0 bridgehead atoms. The number of fused-ring (bicyclic) bond motifs is 1. The van der Waals surface area contributed by atoms with Crippen molar-refractivity contribution >= 4 is 28.7 Å². The fourth-order valence-electron chi connectivity index (χ4n) is 4.05. The molecule has 0 radical (unpaired) electrons. The summed E-state index contributed by atoms with van der Waals surface area (Å²) in [7, 11) is 2.12. The van der Waals surface area contributed by atoms with E-state index < -0.39 is 0 Å². The highest BCUT2D eigenvalue weighted by Crippen LogP contribution is 2.36. The van der Waals surface area contributed by atoms with Crippen molar-refractivity contribution in [2.75, 3.05) is 12.3 Å². The number of thioether (sulfide) groups is 1. The van der Waals surface area contributed by atoms with Crippen LogP contribution in [-0.4, -0.2) is 32.7 Å². The number of carbonyl (C=O) groups is 1. The van der Waals surface area contributed by atoms with E-state index >= 15 is 0 Å². The molecule has 6 heteroatoms. The van der Waals surface area contributed by atoms with Gasteiger partial charge < -0.3 is 9.88 Å². The van der Waals surface area contributed by atoms with Gasteiger partial charge in [0.15, 0.2) is 0 Å². The molecule has 28 heavy (non-hydrogen) atoms. The summed E-state index contributed by atoms with van der Waals surface area (Å²) in [6.07, 6.45) is 8.08. The number of imidazole rings is 1. The molecule has 3 aromatic rings. The number of rotatable bonds is 6. The van der Waals surface area contributed by atoms with Crippen LogP contribution in [0.15, 0.2) is 53.7 Å². The van der Waals surface area contributed by atoms with Gasteiger partial charge in [0.1, 0.15) is 5.82 Å². The van der Waals surface area contributed by atoms with Gasteiger partial charge in [0.2, 0.25) is 5.91 Å². The second-order valence-corrected chi connectivity index (χ2v) is 8.56. The molecule has 0 atom stereocenters. The van der Waals surface area contributed by atoms with Gasteiger partial charge in [-0.15, -0.1) is 11.8 Å². The van der Waals surface area contributed by atoms with Gasteiger partial charge >= 0.3 is 0 Å². The number of hydrogen-bond acceptors (Lipinski definition) is 4. The van der Waals surface area contributed by atoms with Crippen LogP contribution in [0.3, 0.4) is 0 Å². The zero-order chi connectivity index (χ0) is 19.3. The highest BCUT2D eigenvalue weighted by Gasteiger charge is 2.26. The molecule has 2 aromatic heterocycles. The number of pyridine rings is 1. The number of amides is 1. The Morgan fingerprint density at radius 1 is 1.14 bits per heavy atom. The van der Waals surface area contributed by atoms with E-state index in [-0.39, 0.29) is 5.91 Å². The zero-order valence-electron chi connectivity index (χ0n) is 16.2. The largest absolute Gasteiger partial charge is 0.355 e. The molecule has 2 heterocycles. The summed E-state index contributed by atoms with van der Waals surface area (Å²) in [5.74, 6) is 2.86. The molecule has 1 saturated carbocycles. The van der Waals surface area contributed by atoms with E-state index in [1.54, 1.807) is 24.2 Å². The first-order valence-corrected chi connectivity index (χ1v) is 10.9. The zero-order valence-corrected chi connectivity index (χ0v) is 17.0. The molecule has 1 aromatic carbocycles. The van der Waals surface area contributed by atoms with Crippen molar-refractivity contribution in [3.05, 3.63) is 54.6 Å². The molecular weight excluding hydrogens is 368 g/mol. The predicted octanol–water partition coefficient (Wildman–Crippen LogP) is 4.15. The molecule has 1 aliphatic rings. The number of nitrogens with zero attached hydrogens (tertiary/aromatic N) is 3. The van der Waals surface area contributed by atoms with Crippen molar-refractivity contribution in [2.24, 2.45) is 13.0 Å². The van der Waals surface area contributed by atoms with E-state index in [0.29, 0.717) is 17.6 Å². The third-order valence-corrected chi connectivity index (χ3v) is 6.65. The molecule has 4 rings (SSSR count). The molecule has 1 fully saturated rings. The first-order valence-electron chi connectivity index (χ1n) is 9.91. The molecular formula is C22H26N4OS. The van der Waals surface area contributed by atoms with Crippen molar-refractivity contribution in [2.45, 2.75) is 36.5 Å². The van der Waals surface area contributed by atoms with Crippen molar-refractivity contribution < 1.29 is 4.79 Å². The smallest absolute Gasteiger partial charge is 0.230 e. The third-order valence-electron chi connectivity index (χ3n) is 5.64. The molecule has 1 N–H and O–H groups in total. The standard InChI is InChI=1S/C22H26N4OS/c1-26-20-5-3-2-4-19(20)25-22(26)17-8-6-16(7-9-17)14-24-21(27)15-28-18-10-12-23-13-11-18/h2-5,10-13,16-17H,6-9,14-15H2,1H3,(H,24,27). The number of aryl methyl sites for hydroxylation is 1. The number of benzene rings is 1. The maximum absolute atomic E-state index is 12.1. The van der Waals surface area contributed by atoms with Crippen LogP contribution in [0.25, 0.3) is 11.0 Å². The summed E-state index contributed by atoms with van der Waals surface area (Å²) in [5.41, 5.74) is 2.29.